The van der Waals surface area contributed by atoms with Gasteiger partial charge in [0.15, 0.2) is 0 Å². The van der Waals surface area contributed by atoms with E-state index < -0.39 is 5.60 Å². The van der Waals surface area contributed by atoms with Crippen molar-refractivity contribution in [2.45, 2.75) is 32.4 Å². The number of benzene rings is 2. The predicted molar refractivity (Wildman–Crippen MR) is 123 cm³/mol. The van der Waals surface area contributed by atoms with Gasteiger partial charge < -0.3 is 0 Å². The van der Waals surface area contributed by atoms with Crippen LogP contribution >= 0.6 is 15.9 Å². The van der Waals surface area contributed by atoms with Crippen LogP contribution in [0.3, 0.4) is 0 Å². The molecule has 1 aliphatic rings. The van der Waals surface area contributed by atoms with Gasteiger partial charge in [0, 0.05) is 0 Å². The van der Waals surface area contributed by atoms with E-state index in [-0.39, 0.29) is 32.4 Å². The van der Waals surface area contributed by atoms with Crippen molar-refractivity contribution in [1.29, 1.82) is 0 Å². The summed E-state index contributed by atoms with van der Waals surface area (Å²) >= 11 is 3.45. The molecule has 1 amide bonds. The summed E-state index contributed by atoms with van der Waals surface area (Å²) in [5.74, 6) is 0. The number of amides is 1. The number of ether oxygens (including phenoxy) is 1. The molecule has 0 saturated carbocycles. The minimum atomic E-state index is -0.530. The average Bonchev–Trinajstić information content (AvgIpc) is 3.05. The van der Waals surface area contributed by atoms with Crippen molar-refractivity contribution >= 4 is 46.4 Å². The first-order chi connectivity index (χ1) is 14.2. The van der Waals surface area contributed by atoms with Gasteiger partial charge in [-0.1, -0.05) is 0 Å². The third-order valence-electron chi connectivity index (χ3n) is 4.95. The third kappa shape index (κ3) is 4.28. The van der Waals surface area contributed by atoms with Crippen LogP contribution in [0.25, 0.3) is 15.3 Å². The SMILES string of the molecule is CC(C)(C)OC(=O)N1CCNCC1c1ccc(-n2[se]c3c(Br)cccc3c2=O)cc1. The molecule has 2 aromatic carbocycles. The van der Waals surface area contributed by atoms with Gasteiger partial charge in [-0.05, 0) is 0 Å². The van der Waals surface area contributed by atoms with Crippen molar-refractivity contribution in [3.8, 4) is 5.69 Å². The summed E-state index contributed by atoms with van der Waals surface area (Å²) in [6, 6.07) is 13.6. The summed E-state index contributed by atoms with van der Waals surface area (Å²) < 4.78 is 9.50. The van der Waals surface area contributed by atoms with Crippen molar-refractivity contribution < 1.29 is 9.53 Å². The molecule has 6 nitrogen and oxygen atoms in total. The topological polar surface area (TPSA) is 63.6 Å². The van der Waals surface area contributed by atoms with Crippen LogP contribution in [0.1, 0.15) is 32.4 Å². The Hall–Kier alpha value is -1.86. The number of hydrogen-bond donors (Lipinski definition) is 1. The Bertz CT molecular complexity index is 1130. The Morgan fingerprint density at radius 3 is 2.60 bits per heavy atom. The number of carbonyl (C=O) groups excluding carboxylic acids is 1. The molecule has 1 atom stereocenters. The van der Waals surface area contributed by atoms with Crippen LogP contribution < -0.4 is 10.9 Å². The molecule has 0 radical (unpaired) electrons. The first-order valence-electron chi connectivity index (χ1n) is 9.86. The van der Waals surface area contributed by atoms with Gasteiger partial charge in [-0.2, -0.15) is 0 Å². The number of carbonyl (C=O) groups is 1. The monoisotopic (exact) mass is 537 g/mol. The second kappa shape index (κ2) is 8.34. The number of hydrogen-bond acceptors (Lipinski definition) is 4. The fourth-order valence-electron chi connectivity index (χ4n) is 3.56. The second-order valence-electron chi connectivity index (χ2n) is 8.29. The van der Waals surface area contributed by atoms with Gasteiger partial charge in [-0.15, -0.1) is 0 Å². The molecule has 1 N–H and O–H groups in total. The summed E-state index contributed by atoms with van der Waals surface area (Å²) in [4.78, 5) is 27.3. The van der Waals surface area contributed by atoms with E-state index in [1.54, 1.807) is 4.90 Å². The maximum atomic E-state index is 12.9. The van der Waals surface area contributed by atoms with E-state index in [1.165, 1.54) is 0 Å². The van der Waals surface area contributed by atoms with Crippen molar-refractivity contribution in [1.82, 2.24) is 13.8 Å². The van der Waals surface area contributed by atoms with E-state index >= 15 is 0 Å². The zero-order valence-corrected chi connectivity index (χ0v) is 20.4. The van der Waals surface area contributed by atoms with Crippen molar-refractivity contribution in [2.75, 3.05) is 19.6 Å². The number of fused-ring (bicyclic) bond motifs is 1. The minimum absolute atomic E-state index is 0.0359. The van der Waals surface area contributed by atoms with Gasteiger partial charge in [0.05, 0.1) is 0 Å². The molecule has 30 heavy (non-hydrogen) atoms. The normalized spacial score (nSPS) is 17.3. The van der Waals surface area contributed by atoms with E-state index in [4.69, 9.17) is 4.74 Å². The van der Waals surface area contributed by atoms with Crippen LogP contribution in [0.15, 0.2) is 51.7 Å². The molecule has 1 saturated heterocycles. The fourth-order valence-corrected chi connectivity index (χ4v) is 6.40. The summed E-state index contributed by atoms with van der Waals surface area (Å²) in [7, 11) is 0. The van der Waals surface area contributed by atoms with Crippen LogP contribution in [0.2, 0.25) is 0 Å². The number of nitrogens with zero attached hydrogens (tertiary/aromatic N) is 2. The van der Waals surface area contributed by atoms with Gasteiger partial charge in [-0.3, -0.25) is 0 Å². The number of rotatable bonds is 2. The molecule has 4 rings (SSSR count). The summed E-state index contributed by atoms with van der Waals surface area (Å²) in [5.41, 5.74) is 1.40. The molecule has 1 unspecified atom stereocenters. The molecule has 2 heterocycles. The average molecular weight is 537 g/mol. The van der Waals surface area contributed by atoms with Crippen molar-refractivity contribution in [3.63, 3.8) is 0 Å². The van der Waals surface area contributed by atoms with Crippen molar-refractivity contribution in [3.05, 3.63) is 62.9 Å². The summed E-state index contributed by atoms with van der Waals surface area (Å²) in [6.45, 7) is 7.64. The molecule has 8 heteroatoms. The number of aromatic nitrogens is 1. The van der Waals surface area contributed by atoms with Crippen LogP contribution in [0, 0.1) is 0 Å². The van der Waals surface area contributed by atoms with Crippen LogP contribution in [-0.4, -0.2) is 54.5 Å². The van der Waals surface area contributed by atoms with E-state index in [1.807, 2.05) is 66.8 Å². The van der Waals surface area contributed by atoms with Gasteiger partial charge in [0.1, 0.15) is 0 Å². The zero-order valence-electron chi connectivity index (χ0n) is 17.1. The number of piperazine rings is 1. The first kappa shape index (κ1) is 21.4. The quantitative estimate of drug-likeness (QED) is 0.507. The molecule has 0 spiro atoms. The number of nitrogens with one attached hydrogen (secondary N) is 1. The molecular weight excluding hydrogens is 513 g/mol. The van der Waals surface area contributed by atoms with E-state index in [2.05, 4.69) is 21.2 Å². The zero-order chi connectivity index (χ0) is 21.5. The molecule has 1 aliphatic heterocycles. The van der Waals surface area contributed by atoms with E-state index in [0.717, 1.165) is 31.9 Å². The molecular formula is C22H24BrN3O3Se. The van der Waals surface area contributed by atoms with E-state index in [0.29, 0.717) is 13.1 Å². The van der Waals surface area contributed by atoms with Crippen LogP contribution in [0.4, 0.5) is 4.79 Å². The number of halogens is 1. The molecule has 3 aromatic rings. The molecule has 0 bridgehead atoms. The molecule has 0 aliphatic carbocycles. The fraction of sp³-hybridized carbons (Fsp3) is 0.364. The Morgan fingerprint density at radius 1 is 1.20 bits per heavy atom. The standard InChI is InChI=1S/C22H24BrN3O3Se/c1-22(2,3)29-21(28)25-12-11-24-13-18(25)14-7-9-15(10-8-14)26-20(27)16-5-4-6-17(23)19(16)30-26/h4-10,18,24H,11-13H2,1-3H3. The van der Waals surface area contributed by atoms with Gasteiger partial charge >= 0.3 is 190 Å². The Balaban J connectivity index is 1.63. The van der Waals surface area contributed by atoms with E-state index in [9.17, 15) is 9.59 Å². The Morgan fingerprint density at radius 2 is 1.93 bits per heavy atom. The first-order valence-corrected chi connectivity index (χ1v) is 12.3. The van der Waals surface area contributed by atoms with Gasteiger partial charge in [-0.25, -0.2) is 0 Å². The Kier molecular flexibility index (Phi) is 5.95. The summed E-state index contributed by atoms with van der Waals surface area (Å²) in [6.07, 6.45) is -0.295. The summed E-state index contributed by atoms with van der Waals surface area (Å²) in [5, 5.41) is 4.12. The van der Waals surface area contributed by atoms with Crippen LogP contribution in [0.5, 0.6) is 0 Å². The van der Waals surface area contributed by atoms with Crippen LogP contribution in [-0.2, 0) is 4.74 Å². The Labute approximate surface area is 189 Å². The van der Waals surface area contributed by atoms with Gasteiger partial charge in [0.2, 0.25) is 0 Å². The molecule has 1 fully saturated rings. The molecule has 158 valence electrons. The predicted octanol–water partition coefficient (Wildman–Crippen LogP) is 3.69. The van der Waals surface area contributed by atoms with Crippen molar-refractivity contribution in [2.24, 2.45) is 0 Å². The third-order valence-corrected chi connectivity index (χ3v) is 8.68. The second-order valence-corrected chi connectivity index (χ2v) is 11.2. The van der Waals surface area contributed by atoms with Gasteiger partial charge in [0.25, 0.3) is 0 Å². The molecule has 1 aromatic heterocycles. The maximum absolute atomic E-state index is 12.9.